The average molecular weight is 303 g/mol. The molecule has 1 unspecified atom stereocenters. The zero-order valence-electron chi connectivity index (χ0n) is 13.4. The van der Waals surface area contributed by atoms with Crippen LogP contribution in [-0.2, 0) is 9.53 Å². The summed E-state index contributed by atoms with van der Waals surface area (Å²) in [6.45, 7) is 2.23. The molecule has 0 amide bonds. The van der Waals surface area contributed by atoms with E-state index >= 15 is 0 Å². The maximum atomic E-state index is 12.0. The fraction of sp³-hybridized carbons (Fsp3) is 0.556. The topological polar surface area (TPSA) is 55.4 Å². The number of ketones is 1. The molecule has 4 heteroatoms. The molecule has 0 aliphatic heterocycles. The van der Waals surface area contributed by atoms with Crippen LogP contribution in [0.1, 0.15) is 55.8 Å². The highest BCUT2D eigenvalue weighted by Gasteiger charge is 2.21. The molecule has 0 aromatic heterocycles. The number of carbonyl (C=O) groups is 2. The van der Waals surface area contributed by atoms with Crippen molar-refractivity contribution in [3.05, 3.63) is 29.8 Å². The lowest BCUT2D eigenvalue weighted by molar-refractivity contribution is -0.140. The SMILES string of the molecule is COC(=O)CCC(=O)c1ccc(NC(C)C2CCCC2)cc1. The van der Waals surface area contributed by atoms with Gasteiger partial charge in [0.05, 0.1) is 13.5 Å². The van der Waals surface area contributed by atoms with Gasteiger partial charge in [-0.2, -0.15) is 0 Å². The van der Waals surface area contributed by atoms with Gasteiger partial charge in [-0.25, -0.2) is 0 Å². The van der Waals surface area contributed by atoms with Crippen LogP contribution in [0.4, 0.5) is 5.69 Å². The van der Waals surface area contributed by atoms with Gasteiger partial charge in [-0.15, -0.1) is 0 Å². The van der Waals surface area contributed by atoms with Gasteiger partial charge >= 0.3 is 5.97 Å². The van der Waals surface area contributed by atoms with Gasteiger partial charge in [0.25, 0.3) is 0 Å². The second-order valence-corrected chi connectivity index (χ2v) is 6.05. The molecule has 1 aromatic carbocycles. The number of Topliss-reactive ketones (excluding diaryl/α,β-unsaturated/α-hetero) is 1. The Morgan fingerprint density at radius 3 is 2.41 bits per heavy atom. The van der Waals surface area contributed by atoms with Crippen LogP contribution in [0, 0.1) is 5.92 Å². The first-order valence-electron chi connectivity index (χ1n) is 8.06. The number of carbonyl (C=O) groups excluding carboxylic acids is 2. The Bertz CT molecular complexity index is 504. The highest BCUT2D eigenvalue weighted by molar-refractivity contribution is 5.97. The molecule has 0 radical (unpaired) electrons. The highest BCUT2D eigenvalue weighted by atomic mass is 16.5. The van der Waals surface area contributed by atoms with Gasteiger partial charge in [-0.3, -0.25) is 9.59 Å². The first kappa shape index (κ1) is 16.5. The molecule has 4 nitrogen and oxygen atoms in total. The predicted molar refractivity (Wildman–Crippen MR) is 87.1 cm³/mol. The lowest BCUT2D eigenvalue weighted by atomic mass is 9.99. The number of benzene rings is 1. The van der Waals surface area contributed by atoms with E-state index in [0.717, 1.165) is 11.6 Å². The number of hydrogen-bond donors (Lipinski definition) is 1. The molecular weight excluding hydrogens is 278 g/mol. The number of nitrogens with one attached hydrogen (secondary N) is 1. The van der Waals surface area contributed by atoms with Crippen LogP contribution in [-0.4, -0.2) is 24.9 Å². The molecule has 0 heterocycles. The van der Waals surface area contributed by atoms with E-state index in [1.807, 2.05) is 24.3 Å². The maximum absolute atomic E-state index is 12.0. The van der Waals surface area contributed by atoms with Gasteiger partial charge in [0.1, 0.15) is 0 Å². The quantitative estimate of drug-likeness (QED) is 0.614. The summed E-state index contributed by atoms with van der Waals surface area (Å²) in [5, 5.41) is 3.52. The molecule has 1 aliphatic rings. The van der Waals surface area contributed by atoms with Crippen LogP contribution in [0.15, 0.2) is 24.3 Å². The van der Waals surface area contributed by atoms with Crippen molar-refractivity contribution in [3.8, 4) is 0 Å². The smallest absolute Gasteiger partial charge is 0.305 e. The second-order valence-electron chi connectivity index (χ2n) is 6.05. The molecule has 0 spiro atoms. The van der Waals surface area contributed by atoms with Crippen LogP contribution in [0.3, 0.4) is 0 Å². The summed E-state index contributed by atoms with van der Waals surface area (Å²) in [6.07, 6.45) is 5.61. The first-order valence-corrected chi connectivity index (χ1v) is 8.06. The third kappa shape index (κ3) is 4.58. The van der Waals surface area contributed by atoms with E-state index in [-0.39, 0.29) is 24.6 Å². The Morgan fingerprint density at radius 2 is 1.82 bits per heavy atom. The highest BCUT2D eigenvalue weighted by Crippen LogP contribution is 2.29. The van der Waals surface area contributed by atoms with Crippen molar-refractivity contribution in [2.45, 2.75) is 51.5 Å². The Morgan fingerprint density at radius 1 is 1.18 bits per heavy atom. The molecule has 1 atom stereocenters. The van der Waals surface area contributed by atoms with Crippen molar-refractivity contribution < 1.29 is 14.3 Å². The molecule has 0 bridgehead atoms. The van der Waals surface area contributed by atoms with E-state index in [4.69, 9.17) is 0 Å². The average Bonchev–Trinajstić information content (AvgIpc) is 3.07. The fourth-order valence-corrected chi connectivity index (χ4v) is 3.05. The maximum Gasteiger partial charge on any atom is 0.305 e. The Balaban J connectivity index is 1.86. The summed E-state index contributed by atoms with van der Waals surface area (Å²) in [5.41, 5.74) is 1.69. The van der Waals surface area contributed by atoms with Crippen LogP contribution in [0.25, 0.3) is 0 Å². The number of esters is 1. The Hall–Kier alpha value is -1.84. The molecule has 1 aromatic rings. The van der Waals surface area contributed by atoms with Gasteiger partial charge in [-0.1, -0.05) is 12.8 Å². The number of anilines is 1. The summed E-state index contributed by atoms with van der Waals surface area (Å²) in [5.74, 6) is 0.374. The Kier molecular flexibility index (Phi) is 5.99. The lowest BCUT2D eigenvalue weighted by Gasteiger charge is -2.21. The van der Waals surface area contributed by atoms with Gasteiger partial charge in [0.2, 0.25) is 0 Å². The van der Waals surface area contributed by atoms with E-state index in [9.17, 15) is 9.59 Å². The van der Waals surface area contributed by atoms with Crippen molar-refractivity contribution in [3.63, 3.8) is 0 Å². The molecular formula is C18H25NO3. The molecule has 2 rings (SSSR count). The Labute approximate surface area is 132 Å². The second kappa shape index (κ2) is 7.97. The minimum Gasteiger partial charge on any atom is -0.469 e. The summed E-state index contributed by atoms with van der Waals surface area (Å²) in [6, 6.07) is 7.99. The molecule has 0 saturated heterocycles. The monoisotopic (exact) mass is 303 g/mol. The van der Waals surface area contributed by atoms with Crippen LogP contribution >= 0.6 is 0 Å². The van der Waals surface area contributed by atoms with Crippen LogP contribution in [0.5, 0.6) is 0 Å². The number of hydrogen-bond acceptors (Lipinski definition) is 4. The number of rotatable bonds is 7. The lowest BCUT2D eigenvalue weighted by Crippen LogP contribution is -2.23. The summed E-state index contributed by atoms with van der Waals surface area (Å²) >= 11 is 0. The zero-order chi connectivity index (χ0) is 15.9. The third-order valence-electron chi connectivity index (χ3n) is 4.49. The van der Waals surface area contributed by atoms with Crippen molar-refractivity contribution in [2.75, 3.05) is 12.4 Å². The summed E-state index contributed by atoms with van der Waals surface area (Å²) < 4.78 is 4.55. The van der Waals surface area contributed by atoms with Gasteiger partial charge < -0.3 is 10.1 Å². The fourth-order valence-electron chi connectivity index (χ4n) is 3.05. The zero-order valence-corrected chi connectivity index (χ0v) is 13.4. The van der Waals surface area contributed by atoms with E-state index < -0.39 is 0 Å². The normalized spacial score (nSPS) is 16.3. The summed E-state index contributed by atoms with van der Waals surface area (Å²) in [4.78, 5) is 23.0. The van der Waals surface area contributed by atoms with E-state index in [1.165, 1.54) is 32.8 Å². The van der Waals surface area contributed by atoms with Crippen molar-refractivity contribution in [1.29, 1.82) is 0 Å². The molecule has 1 saturated carbocycles. The standard InChI is InChI=1S/C18H25NO3/c1-13(14-5-3-4-6-14)19-16-9-7-15(8-10-16)17(20)11-12-18(21)22-2/h7-10,13-14,19H,3-6,11-12H2,1-2H3. The van der Waals surface area contributed by atoms with E-state index in [1.54, 1.807) is 0 Å². The predicted octanol–water partition coefficient (Wildman–Crippen LogP) is 3.81. The van der Waals surface area contributed by atoms with E-state index in [0.29, 0.717) is 11.6 Å². The minimum atomic E-state index is -0.350. The largest absolute Gasteiger partial charge is 0.469 e. The van der Waals surface area contributed by atoms with E-state index in [2.05, 4.69) is 17.0 Å². The molecule has 1 N–H and O–H groups in total. The summed E-state index contributed by atoms with van der Waals surface area (Å²) in [7, 11) is 1.33. The van der Waals surface area contributed by atoms with Crippen LogP contribution in [0.2, 0.25) is 0 Å². The van der Waals surface area contributed by atoms with Crippen molar-refractivity contribution in [2.24, 2.45) is 5.92 Å². The van der Waals surface area contributed by atoms with Crippen LogP contribution < -0.4 is 5.32 Å². The first-order chi connectivity index (χ1) is 10.6. The van der Waals surface area contributed by atoms with Crippen molar-refractivity contribution >= 4 is 17.4 Å². The molecule has 120 valence electrons. The van der Waals surface area contributed by atoms with Gasteiger partial charge in [0.15, 0.2) is 5.78 Å². The molecule has 1 fully saturated rings. The third-order valence-corrected chi connectivity index (χ3v) is 4.49. The van der Waals surface area contributed by atoms with Gasteiger partial charge in [-0.05, 0) is 49.9 Å². The molecule has 1 aliphatic carbocycles. The van der Waals surface area contributed by atoms with Gasteiger partial charge in [0, 0.05) is 23.7 Å². The number of ether oxygens (including phenoxy) is 1. The molecule has 22 heavy (non-hydrogen) atoms. The minimum absolute atomic E-state index is 0.0270. The van der Waals surface area contributed by atoms with Crippen molar-refractivity contribution in [1.82, 2.24) is 0 Å². The number of methoxy groups -OCH3 is 1.